The fraction of sp³-hybridized carbons (Fsp3) is 0.571. The topological polar surface area (TPSA) is 35.5 Å². The van der Waals surface area contributed by atoms with Crippen LogP contribution in [0, 0.1) is 0 Å². The second-order valence-electron chi connectivity index (χ2n) is 4.69. The highest BCUT2D eigenvalue weighted by molar-refractivity contribution is 9.10. The Morgan fingerprint density at radius 1 is 1.44 bits per heavy atom. The summed E-state index contributed by atoms with van der Waals surface area (Å²) >= 11 is 3.60. The molecule has 0 spiro atoms. The fourth-order valence-electron chi connectivity index (χ4n) is 1.87. The van der Waals surface area contributed by atoms with E-state index in [1.54, 1.807) is 6.92 Å². The van der Waals surface area contributed by atoms with Crippen LogP contribution in [0.25, 0.3) is 0 Å². The van der Waals surface area contributed by atoms with Gasteiger partial charge in [0.15, 0.2) is 0 Å². The number of aliphatic hydroxyl groups is 1. The number of benzene rings is 1. The lowest BCUT2D eigenvalue weighted by atomic mass is 10.2. The van der Waals surface area contributed by atoms with E-state index < -0.39 is 0 Å². The zero-order valence-corrected chi connectivity index (χ0v) is 13.0. The molecule has 4 heteroatoms. The van der Waals surface area contributed by atoms with E-state index in [4.69, 9.17) is 0 Å². The lowest BCUT2D eigenvalue weighted by Gasteiger charge is -2.22. The van der Waals surface area contributed by atoms with Crippen molar-refractivity contribution in [3.05, 3.63) is 28.2 Å². The Balaban J connectivity index is 2.67. The van der Waals surface area contributed by atoms with Gasteiger partial charge >= 0.3 is 0 Å². The lowest BCUT2D eigenvalue weighted by Crippen LogP contribution is -2.27. The second-order valence-corrected chi connectivity index (χ2v) is 5.55. The minimum absolute atomic E-state index is 0.326. The van der Waals surface area contributed by atoms with Gasteiger partial charge in [0.25, 0.3) is 0 Å². The Morgan fingerprint density at radius 3 is 2.72 bits per heavy atom. The van der Waals surface area contributed by atoms with Crippen molar-refractivity contribution in [2.45, 2.75) is 32.9 Å². The van der Waals surface area contributed by atoms with Crippen LogP contribution in [0.15, 0.2) is 22.7 Å². The van der Waals surface area contributed by atoms with Gasteiger partial charge in [0.2, 0.25) is 0 Å². The van der Waals surface area contributed by atoms with E-state index in [1.807, 2.05) is 7.05 Å². The van der Waals surface area contributed by atoms with E-state index in [9.17, 15) is 5.11 Å². The molecule has 1 aromatic carbocycles. The van der Waals surface area contributed by atoms with Gasteiger partial charge in [0.05, 0.1) is 11.8 Å². The maximum absolute atomic E-state index is 9.41. The first-order chi connectivity index (χ1) is 8.54. The number of aliphatic hydroxyl groups excluding tert-OH is 1. The molecule has 3 nitrogen and oxygen atoms in total. The molecule has 0 amide bonds. The van der Waals surface area contributed by atoms with Gasteiger partial charge in [-0.25, -0.2) is 0 Å². The van der Waals surface area contributed by atoms with Crippen molar-refractivity contribution in [1.29, 1.82) is 0 Å². The van der Waals surface area contributed by atoms with Crippen LogP contribution in [0.1, 0.15) is 25.8 Å². The van der Waals surface area contributed by atoms with Crippen LogP contribution in [0.3, 0.4) is 0 Å². The summed E-state index contributed by atoms with van der Waals surface area (Å²) in [5, 5.41) is 12.8. The zero-order chi connectivity index (χ0) is 13.5. The van der Waals surface area contributed by atoms with E-state index in [-0.39, 0.29) is 6.10 Å². The Morgan fingerprint density at radius 2 is 2.17 bits per heavy atom. The Bertz CT molecular complexity index is 369. The van der Waals surface area contributed by atoms with Crippen molar-refractivity contribution in [2.24, 2.45) is 0 Å². The minimum atomic E-state index is -0.326. The van der Waals surface area contributed by atoms with Crippen molar-refractivity contribution in [2.75, 3.05) is 25.0 Å². The van der Waals surface area contributed by atoms with Crippen LogP contribution in [-0.4, -0.2) is 31.3 Å². The molecule has 0 aromatic heterocycles. The normalized spacial score (nSPS) is 12.5. The maximum Gasteiger partial charge on any atom is 0.0686 e. The van der Waals surface area contributed by atoms with Crippen LogP contribution < -0.4 is 10.2 Å². The van der Waals surface area contributed by atoms with Crippen LogP contribution in [-0.2, 0) is 6.54 Å². The molecular formula is C14H23BrN2O. The first kappa shape index (κ1) is 15.5. The summed E-state index contributed by atoms with van der Waals surface area (Å²) in [7, 11) is 1.99. The van der Waals surface area contributed by atoms with Gasteiger partial charge in [0.1, 0.15) is 0 Å². The molecule has 0 aliphatic heterocycles. The smallest absolute Gasteiger partial charge is 0.0686 e. The molecule has 0 fully saturated rings. The van der Waals surface area contributed by atoms with Crippen molar-refractivity contribution in [3.63, 3.8) is 0 Å². The number of nitrogens with one attached hydrogen (secondary N) is 1. The summed E-state index contributed by atoms with van der Waals surface area (Å²) in [6, 6.07) is 6.35. The van der Waals surface area contributed by atoms with E-state index in [0.29, 0.717) is 6.54 Å². The molecule has 0 heterocycles. The molecule has 0 radical (unpaired) electrons. The van der Waals surface area contributed by atoms with Gasteiger partial charge < -0.3 is 15.3 Å². The second kappa shape index (κ2) is 7.77. The molecule has 18 heavy (non-hydrogen) atoms. The predicted octanol–water partition coefficient (Wildman–Crippen LogP) is 2.77. The number of rotatable bonds is 7. The zero-order valence-electron chi connectivity index (χ0n) is 11.4. The maximum atomic E-state index is 9.41. The quantitative estimate of drug-likeness (QED) is 0.760. The summed E-state index contributed by atoms with van der Waals surface area (Å²) in [5.41, 5.74) is 2.37. The van der Waals surface area contributed by atoms with Gasteiger partial charge in [-0.2, -0.15) is 0 Å². The Hall–Kier alpha value is -0.580. The van der Waals surface area contributed by atoms with E-state index >= 15 is 0 Å². The predicted molar refractivity (Wildman–Crippen MR) is 81.1 cm³/mol. The Labute approximate surface area is 118 Å². The summed E-state index contributed by atoms with van der Waals surface area (Å²) in [6.07, 6.45) is 0.823. The van der Waals surface area contributed by atoms with Gasteiger partial charge in [0, 0.05) is 24.6 Å². The van der Waals surface area contributed by atoms with E-state index in [0.717, 1.165) is 29.7 Å². The lowest BCUT2D eigenvalue weighted by molar-refractivity contribution is 0.201. The van der Waals surface area contributed by atoms with Gasteiger partial charge in [-0.1, -0.05) is 13.0 Å². The van der Waals surface area contributed by atoms with Crippen LogP contribution in [0.5, 0.6) is 0 Å². The molecule has 1 unspecified atom stereocenters. The highest BCUT2D eigenvalue weighted by atomic mass is 79.9. The van der Waals surface area contributed by atoms with Crippen molar-refractivity contribution >= 4 is 21.6 Å². The average molecular weight is 315 g/mol. The number of halogens is 1. The molecule has 0 saturated carbocycles. The molecule has 0 aliphatic carbocycles. The fourth-order valence-corrected chi connectivity index (χ4v) is 2.60. The van der Waals surface area contributed by atoms with Crippen molar-refractivity contribution in [1.82, 2.24) is 5.32 Å². The third-order valence-corrected chi connectivity index (χ3v) is 3.35. The molecule has 0 saturated heterocycles. The highest BCUT2D eigenvalue weighted by Crippen LogP contribution is 2.26. The van der Waals surface area contributed by atoms with Gasteiger partial charge in [-0.05, 0) is 53.5 Å². The molecular weight excluding hydrogens is 292 g/mol. The van der Waals surface area contributed by atoms with Crippen molar-refractivity contribution in [3.8, 4) is 0 Å². The number of likely N-dealkylation sites (N-methyl/N-ethyl adjacent to an activating group) is 1. The number of nitrogens with zero attached hydrogens (tertiary/aromatic N) is 1. The highest BCUT2D eigenvalue weighted by Gasteiger charge is 2.08. The third kappa shape index (κ3) is 4.96. The van der Waals surface area contributed by atoms with Crippen LogP contribution in [0.4, 0.5) is 5.69 Å². The van der Waals surface area contributed by atoms with Gasteiger partial charge in [-0.15, -0.1) is 0 Å². The van der Waals surface area contributed by atoms with Crippen LogP contribution in [0.2, 0.25) is 0 Å². The molecule has 1 atom stereocenters. The van der Waals surface area contributed by atoms with Gasteiger partial charge in [-0.3, -0.25) is 0 Å². The first-order valence-corrected chi connectivity index (χ1v) is 7.22. The Kier molecular flexibility index (Phi) is 6.68. The number of hydrogen-bond donors (Lipinski definition) is 2. The van der Waals surface area contributed by atoms with Crippen LogP contribution >= 0.6 is 15.9 Å². The molecule has 0 bridgehead atoms. The monoisotopic (exact) mass is 314 g/mol. The molecule has 102 valence electrons. The summed E-state index contributed by atoms with van der Waals surface area (Å²) < 4.78 is 1.07. The average Bonchev–Trinajstić information content (AvgIpc) is 2.28. The molecule has 1 aromatic rings. The standard InChI is InChI=1S/C14H23BrN2O/c1-4-7-16-9-12-5-6-14(13(15)8-12)17(3)10-11(2)18/h5-6,8,11,16,18H,4,7,9-10H2,1-3H3. The van der Waals surface area contributed by atoms with E-state index in [1.165, 1.54) is 5.56 Å². The van der Waals surface area contributed by atoms with Crippen molar-refractivity contribution < 1.29 is 5.11 Å². The first-order valence-electron chi connectivity index (χ1n) is 6.43. The number of hydrogen-bond acceptors (Lipinski definition) is 3. The molecule has 0 aliphatic rings. The number of anilines is 1. The minimum Gasteiger partial charge on any atom is -0.392 e. The third-order valence-electron chi connectivity index (χ3n) is 2.72. The summed E-state index contributed by atoms with van der Waals surface area (Å²) in [6.45, 7) is 6.53. The SMILES string of the molecule is CCCNCc1ccc(N(C)CC(C)O)c(Br)c1. The summed E-state index contributed by atoms with van der Waals surface area (Å²) in [4.78, 5) is 2.05. The molecule has 2 N–H and O–H groups in total. The largest absolute Gasteiger partial charge is 0.392 e. The van der Waals surface area contributed by atoms with E-state index in [2.05, 4.69) is 51.3 Å². The molecule has 1 rings (SSSR count). The summed E-state index contributed by atoms with van der Waals surface area (Å²) in [5.74, 6) is 0.